The van der Waals surface area contributed by atoms with Crippen molar-refractivity contribution in [3.8, 4) is 5.69 Å². The topological polar surface area (TPSA) is 73.8 Å². The first-order valence-corrected chi connectivity index (χ1v) is 11.5. The van der Waals surface area contributed by atoms with E-state index in [4.69, 9.17) is 9.40 Å². The van der Waals surface area contributed by atoms with Gasteiger partial charge < -0.3 is 4.42 Å². The van der Waals surface area contributed by atoms with Gasteiger partial charge in [-0.1, -0.05) is 29.5 Å². The van der Waals surface area contributed by atoms with Gasteiger partial charge in [0.2, 0.25) is 11.8 Å². The molecule has 0 bridgehead atoms. The molecule has 1 aliphatic rings. The molecule has 6 nitrogen and oxygen atoms in total. The highest BCUT2D eigenvalue weighted by Gasteiger charge is 2.23. The van der Waals surface area contributed by atoms with E-state index >= 15 is 0 Å². The molecule has 29 heavy (non-hydrogen) atoms. The molecular weight excluding hydrogens is 404 g/mol. The van der Waals surface area contributed by atoms with Crippen LogP contribution in [0.1, 0.15) is 40.6 Å². The maximum absolute atomic E-state index is 13.6. The highest BCUT2D eigenvalue weighted by Crippen LogP contribution is 2.35. The minimum atomic E-state index is 0.0162. The third-order valence-electron chi connectivity index (χ3n) is 5.14. The van der Waals surface area contributed by atoms with Crippen LogP contribution in [0.25, 0.3) is 15.9 Å². The maximum Gasteiger partial charge on any atom is 0.267 e. The highest BCUT2D eigenvalue weighted by atomic mass is 32.2. The second kappa shape index (κ2) is 7.42. The number of rotatable bonds is 4. The van der Waals surface area contributed by atoms with Crippen LogP contribution in [0.5, 0.6) is 0 Å². The molecule has 0 radical (unpaired) electrons. The highest BCUT2D eigenvalue weighted by molar-refractivity contribution is 7.98. The average molecular weight is 425 g/mol. The van der Waals surface area contributed by atoms with Gasteiger partial charge in [-0.2, -0.15) is 0 Å². The van der Waals surface area contributed by atoms with Crippen molar-refractivity contribution in [3.05, 3.63) is 62.4 Å². The number of aryl methyl sites for hydroxylation is 4. The lowest BCUT2D eigenvalue weighted by Crippen LogP contribution is -2.22. The third-order valence-corrected chi connectivity index (χ3v) is 7.25. The average Bonchev–Trinajstić information content (AvgIpc) is 3.30. The van der Waals surface area contributed by atoms with Crippen LogP contribution in [-0.2, 0) is 18.6 Å². The molecule has 0 N–H and O–H groups in total. The molecule has 5 rings (SSSR count). The number of hydrogen-bond donors (Lipinski definition) is 0. The molecule has 0 fully saturated rings. The van der Waals surface area contributed by atoms with E-state index < -0.39 is 0 Å². The van der Waals surface area contributed by atoms with Crippen molar-refractivity contribution in [3.63, 3.8) is 0 Å². The Balaban J connectivity index is 1.67. The van der Waals surface area contributed by atoms with Crippen molar-refractivity contribution in [1.82, 2.24) is 19.7 Å². The Hall–Kier alpha value is -2.45. The lowest BCUT2D eigenvalue weighted by Gasteiger charge is -2.13. The summed E-state index contributed by atoms with van der Waals surface area (Å²) in [5.41, 5.74) is 3.20. The molecule has 1 aliphatic carbocycles. The summed E-state index contributed by atoms with van der Waals surface area (Å²) in [4.78, 5) is 20.7. The summed E-state index contributed by atoms with van der Waals surface area (Å²) < 4.78 is 7.23. The molecule has 0 saturated heterocycles. The number of aromatic nitrogens is 4. The fourth-order valence-corrected chi connectivity index (χ4v) is 5.88. The van der Waals surface area contributed by atoms with E-state index in [1.165, 1.54) is 28.6 Å². The molecule has 1 aromatic carbocycles. The quantitative estimate of drug-likeness (QED) is 0.352. The predicted octanol–water partition coefficient (Wildman–Crippen LogP) is 4.62. The summed E-state index contributed by atoms with van der Waals surface area (Å²) in [6.07, 6.45) is 4.33. The summed E-state index contributed by atoms with van der Waals surface area (Å²) in [6.45, 7) is 3.81. The van der Waals surface area contributed by atoms with Crippen LogP contribution >= 0.6 is 23.1 Å². The Bertz CT molecular complexity index is 1250. The van der Waals surface area contributed by atoms with Crippen molar-refractivity contribution in [2.45, 2.75) is 50.4 Å². The monoisotopic (exact) mass is 424 g/mol. The van der Waals surface area contributed by atoms with Crippen molar-refractivity contribution in [2.75, 3.05) is 0 Å². The maximum atomic E-state index is 13.6. The lowest BCUT2D eigenvalue weighted by molar-refractivity contribution is 0.485. The van der Waals surface area contributed by atoms with Crippen molar-refractivity contribution < 1.29 is 4.42 Å². The molecule has 0 aliphatic heterocycles. The van der Waals surface area contributed by atoms with Crippen LogP contribution in [0.2, 0.25) is 0 Å². The van der Waals surface area contributed by atoms with E-state index in [-0.39, 0.29) is 5.56 Å². The van der Waals surface area contributed by atoms with E-state index in [1.807, 2.05) is 31.2 Å². The number of fused-ring (bicyclic) bond motifs is 3. The van der Waals surface area contributed by atoms with Gasteiger partial charge in [0.25, 0.3) is 5.56 Å². The molecular formula is C21H20N4O2S2. The molecule has 0 amide bonds. The Morgan fingerprint density at radius 1 is 1.14 bits per heavy atom. The van der Waals surface area contributed by atoms with Gasteiger partial charge in [-0.3, -0.25) is 9.36 Å². The molecule has 8 heteroatoms. The Labute approximate surface area is 176 Å². The van der Waals surface area contributed by atoms with E-state index in [2.05, 4.69) is 10.2 Å². The first-order chi connectivity index (χ1) is 14.1. The normalized spacial score (nSPS) is 13.7. The Kier molecular flexibility index (Phi) is 4.75. The number of benzene rings is 1. The zero-order chi connectivity index (χ0) is 20.0. The van der Waals surface area contributed by atoms with Gasteiger partial charge in [0, 0.05) is 11.8 Å². The van der Waals surface area contributed by atoms with Crippen LogP contribution in [0.4, 0.5) is 0 Å². The molecule has 3 heterocycles. The van der Waals surface area contributed by atoms with Gasteiger partial charge in [0.1, 0.15) is 4.83 Å². The fourth-order valence-electron chi connectivity index (χ4n) is 3.73. The largest absolute Gasteiger partial charge is 0.425 e. The number of hydrogen-bond acceptors (Lipinski definition) is 7. The minimum absolute atomic E-state index is 0.0162. The van der Waals surface area contributed by atoms with Gasteiger partial charge in [-0.05, 0) is 50.3 Å². The standard InChI is InChI=1S/C21H20N4O2S2/c1-12-7-9-14(10-8-12)25-20(26)18-15-5-3-4-6-16(15)29-19(18)22-21(25)28-11-17-24-23-13(2)27-17/h7-10H,3-6,11H2,1-2H3. The zero-order valence-corrected chi connectivity index (χ0v) is 17.9. The smallest absolute Gasteiger partial charge is 0.267 e. The number of thiophene rings is 1. The molecule has 3 aromatic heterocycles. The SMILES string of the molecule is Cc1ccc(-n2c(SCc3nnc(C)o3)nc3sc4c(c3c2=O)CCCC4)cc1. The summed E-state index contributed by atoms with van der Waals surface area (Å²) in [7, 11) is 0. The van der Waals surface area contributed by atoms with Gasteiger partial charge in [0.15, 0.2) is 5.16 Å². The van der Waals surface area contributed by atoms with E-state index in [0.717, 1.165) is 40.7 Å². The van der Waals surface area contributed by atoms with Crippen LogP contribution in [-0.4, -0.2) is 19.7 Å². The van der Waals surface area contributed by atoms with Crippen molar-refractivity contribution >= 4 is 33.3 Å². The molecule has 0 unspecified atom stereocenters. The van der Waals surface area contributed by atoms with E-state index in [9.17, 15) is 4.79 Å². The first kappa shape index (κ1) is 18.6. The van der Waals surface area contributed by atoms with Crippen LogP contribution in [0.15, 0.2) is 38.6 Å². The summed E-state index contributed by atoms with van der Waals surface area (Å²) in [5, 5.41) is 9.39. The van der Waals surface area contributed by atoms with Gasteiger partial charge in [-0.15, -0.1) is 21.5 Å². The molecule has 0 atom stereocenters. The molecule has 0 spiro atoms. The first-order valence-electron chi connectivity index (χ1n) is 9.66. The fraction of sp³-hybridized carbons (Fsp3) is 0.333. The van der Waals surface area contributed by atoms with Crippen molar-refractivity contribution in [1.29, 1.82) is 0 Å². The van der Waals surface area contributed by atoms with Crippen molar-refractivity contribution in [2.24, 2.45) is 0 Å². The number of thioether (sulfide) groups is 1. The summed E-state index contributed by atoms with van der Waals surface area (Å²) in [5.74, 6) is 1.53. The molecule has 4 aromatic rings. The van der Waals surface area contributed by atoms with Crippen LogP contribution in [0.3, 0.4) is 0 Å². The third kappa shape index (κ3) is 3.40. The molecule has 148 valence electrons. The van der Waals surface area contributed by atoms with Crippen LogP contribution in [0, 0.1) is 13.8 Å². The summed E-state index contributed by atoms with van der Waals surface area (Å²) >= 11 is 3.12. The minimum Gasteiger partial charge on any atom is -0.425 e. The van der Waals surface area contributed by atoms with Gasteiger partial charge in [-0.25, -0.2) is 4.98 Å². The van der Waals surface area contributed by atoms with E-state index in [0.29, 0.717) is 22.7 Å². The van der Waals surface area contributed by atoms with Crippen LogP contribution < -0.4 is 5.56 Å². The predicted molar refractivity (Wildman–Crippen MR) is 115 cm³/mol. The summed E-state index contributed by atoms with van der Waals surface area (Å²) in [6, 6.07) is 7.99. The lowest BCUT2D eigenvalue weighted by atomic mass is 9.97. The molecule has 0 saturated carbocycles. The van der Waals surface area contributed by atoms with Gasteiger partial charge >= 0.3 is 0 Å². The van der Waals surface area contributed by atoms with E-state index in [1.54, 1.807) is 22.8 Å². The van der Waals surface area contributed by atoms with Gasteiger partial charge in [0.05, 0.1) is 16.8 Å². The second-order valence-corrected chi connectivity index (χ2v) is 9.29. The zero-order valence-electron chi connectivity index (χ0n) is 16.3. The number of nitrogens with zero attached hydrogens (tertiary/aromatic N) is 4. The Morgan fingerprint density at radius 3 is 2.69 bits per heavy atom. The second-order valence-electron chi connectivity index (χ2n) is 7.27. The Morgan fingerprint density at radius 2 is 1.93 bits per heavy atom.